The fraction of sp³-hybridized carbons (Fsp3) is 0.364. The molecule has 1 atom stereocenters. The second kappa shape index (κ2) is 4.94. The third kappa shape index (κ3) is 2.93. The van der Waals surface area contributed by atoms with E-state index in [-0.39, 0.29) is 23.7 Å². The second-order valence-electron chi connectivity index (χ2n) is 3.77. The number of benzene rings is 1. The average Bonchev–Trinajstić information content (AvgIpc) is 2.20. The SMILES string of the molecule is CC(O)CN(C)C(=O)c1ccc(N)c(F)c1. The van der Waals surface area contributed by atoms with E-state index in [1.54, 1.807) is 14.0 Å². The second-order valence-corrected chi connectivity index (χ2v) is 3.77. The van der Waals surface area contributed by atoms with Crippen molar-refractivity contribution >= 4 is 11.6 Å². The summed E-state index contributed by atoms with van der Waals surface area (Å²) in [4.78, 5) is 13.1. The van der Waals surface area contributed by atoms with Gasteiger partial charge in [-0.15, -0.1) is 0 Å². The van der Waals surface area contributed by atoms with Crippen LogP contribution in [-0.2, 0) is 0 Å². The Hall–Kier alpha value is -1.62. The van der Waals surface area contributed by atoms with Crippen LogP contribution in [0.4, 0.5) is 10.1 Å². The molecule has 1 unspecified atom stereocenters. The highest BCUT2D eigenvalue weighted by atomic mass is 19.1. The van der Waals surface area contributed by atoms with E-state index in [0.717, 1.165) is 6.07 Å². The van der Waals surface area contributed by atoms with Crippen molar-refractivity contribution in [1.82, 2.24) is 4.90 Å². The molecule has 1 amide bonds. The number of halogens is 1. The van der Waals surface area contributed by atoms with Crippen molar-refractivity contribution in [2.24, 2.45) is 0 Å². The fourth-order valence-electron chi connectivity index (χ4n) is 1.36. The summed E-state index contributed by atoms with van der Waals surface area (Å²) in [7, 11) is 1.54. The lowest BCUT2D eigenvalue weighted by molar-refractivity contribution is 0.0703. The van der Waals surface area contributed by atoms with Crippen LogP contribution in [0.25, 0.3) is 0 Å². The maximum atomic E-state index is 13.1. The van der Waals surface area contributed by atoms with Crippen LogP contribution in [0.5, 0.6) is 0 Å². The van der Waals surface area contributed by atoms with Crippen molar-refractivity contribution in [2.75, 3.05) is 19.3 Å². The molecule has 0 saturated carbocycles. The lowest BCUT2D eigenvalue weighted by atomic mass is 10.1. The van der Waals surface area contributed by atoms with Gasteiger partial charge in [-0.3, -0.25) is 4.79 Å². The summed E-state index contributed by atoms with van der Waals surface area (Å²) >= 11 is 0. The third-order valence-electron chi connectivity index (χ3n) is 2.13. The van der Waals surface area contributed by atoms with Gasteiger partial charge in [0, 0.05) is 19.2 Å². The number of carbonyl (C=O) groups excluding carboxylic acids is 1. The van der Waals surface area contributed by atoms with Gasteiger partial charge in [-0.2, -0.15) is 0 Å². The molecule has 4 nitrogen and oxygen atoms in total. The number of likely N-dealkylation sites (N-methyl/N-ethyl adjacent to an activating group) is 1. The Morgan fingerprint density at radius 3 is 2.75 bits per heavy atom. The minimum absolute atomic E-state index is 0.00901. The van der Waals surface area contributed by atoms with E-state index >= 15 is 0 Å². The summed E-state index contributed by atoms with van der Waals surface area (Å²) in [6, 6.07) is 3.90. The number of nitrogens with zero attached hydrogens (tertiary/aromatic N) is 1. The quantitative estimate of drug-likeness (QED) is 0.751. The van der Waals surface area contributed by atoms with Crippen molar-refractivity contribution in [3.63, 3.8) is 0 Å². The molecule has 0 heterocycles. The molecule has 0 spiro atoms. The van der Waals surface area contributed by atoms with Crippen LogP contribution in [0.3, 0.4) is 0 Å². The zero-order valence-electron chi connectivity index (χ0n) is 9.27. The zero-order valence-corrected chi connectivity index (χ0v) is 9.27. The summed E-state index contributed by atoms with van der Waals surface area (Å²) in [5.74, 6) is -0.962. The highest BCUT2D eigenvalue weighted by molar-refractivity contribution is 5.94. The molecule has 0 saturated heterocycles. The van der Waals surface area contributed by atoms with Crippen molar-refractivity contribution in [3.8, 4) is 0 Å². The molecule has 0 aliphatic rings. The van der Waals surface area contributed by atoms with Crippen LogP contribution >= 0.6 is 0 Å². The minimum atomic E-state index is -0.618. The maximum Gasteiger partial charge on any atom is 0.253 e. The highest BCUT2D eigenvalue weighted by Crippen LogP contribution is 2.13. The largest absolute Gasteiger partial charge is 0.396 e. The van der Waals surface area contributed by atoms with Crippen LogP contribution < -0.4 is 5.73 Å². The first-order valence-electron chi connectivity index (χ1n) is 4.90. The Kier molecular flexibility index (Phi) is 3.84. The molecule has 0 aliphatic heterocycles. The monoisotopic (exact) mass is 226 g/mol. The number of hydrogen-bond donors (Lipinski definition) is 2. The van der Waals surface area contributed by atoms with Crippen LogP contribution in [0.2, 0.25) is 0 Å². The van der Waals surface area contributed by atoms with Crippen LogP contribution in [0, 0.1) is 5.82 Å². The molecule has 0 aliphatic carbocycles. The van der Waals surface area contributed by atoms with Crippen molar-refractivity contribution in [2.45, 2.75) is 13.0 Å². The van der Waals surface area contributed by atoms with Crippen LogP contribution in [0.15, 0.2) is 18.2 Å². The topological polar surface area (TPSA) is 66.6 Å². The first kappa shape index (κ1) is 12.4. The molecule has 1 rings (SSSR count). The fourth-order valence-corrected chi connectivity index (χ4v) is 1.36. The Bertz CT molecular complexity index is 394. The van der Waals surface area contributed by atoms with Crippen molar-refractivity contribution in [1.29, 1.82) is 0 Å². The normalized spacial score (nSPS) is 12.2. The number of aliphatic hydroxyl groups is 1. The van der Waals surface area contributed by atoms with Crippen molar-refractivity contribution in [3.05, 3.63) is 29.6 Å². The molecular weight excluding hydrogens is 211 g/mol. The van der Waals surface area contributed by atoms with E-state index in [1.807, 2.05) is 0 Å². The predicted molar refractivity (Wildman–Crippen MR) is 59.5 cm³/mol. The van der Waals surface area contributed by atoms with Gasteiger partial charge in [0.25, 0.3) is 5.91 Å². The molecule has 1 aromatic rings. The van der Waals surface area contributed by atoms with Gasteiger partial charge in [-0.05, 0) is 25.1 Å². The molecular formula is C11H15FN2O2. The van der Waals surface area contributed by atoms with Gasteiger partial charge >= 0.3 is 0 Å². The molecule has 3 N–H and O–H groups in total. The Labute approximate surface area is 93.5 Å². The van der Waals surface area contributed by atoms with E-state index in [0.29, 0.717) is 0 Å². The first-order valence-corrected chi connectivity index (χ1v) is 4.90. The molecule has 16 heavy (non-hydrogen) atoms. The Balaban J connectivity index is 2.84. The Morgan fingerprint density at radius 2 is 2.25 bits per heavy atom. The minimum Gasteiger partial charge on any atom is -0.396 e. The van der Waals surface area contributed by atoms with E-state index in [9.17, 15) is 9.18 Å². The van der Waals surface area contributed by atoms with Gasteiger partial charge < -0.3 is 15.7 Å². The van der Waals surface area contributed by atoms with Crippen molar-refractivity contribution < 1.29 is 14.3 Å². The van der Waals surface area contributed by atoms with E-state index in [2.05, 4.69) is 0 Å². The average molecular weight is 226 g/mol. The smallest absolute Gasteiger partial charge is 0.253 e. The summed E-state index contributed by atoms with van der Waals surface area (Å²) in [5, 5.41) is 9.13. The van der Waals surface area contributed by atoms with Crippen LogP contribution in [-0.4, -0.2) is 35.6 Å². The van der Waals surface area contributed by atoms with E-state index < -0.39 is 11.9 Å². The van der Waals surface area contributed by atoms with E-state index in [4.69, 9.17) is 10.8 Å². The predicted octanol–water partition coefficient (Wildman–Crippen LogP) is 0.861. The molecule has 0 bridgehead atoms. The van der Waals surface area contributed by atoms with Gasteiger partial charge in [0.05, 0.1) is 11.8 Å². The first-order chi connectivity index (χ1) is 7.41. The Morgan fingerprint density at radius 1 is 1.62 bits per heavy atom. The standard InChI is InChI=1S/C11H15FN2O2/c1-7(15)6-14(2)11(16)8-3-4-10(13)9(12)5-8/h3-5,7,15H,6,13H2,1-2H3. The zero-order chi connectivity index (χ0) is 12.3. The molecule has 88 valence electrons. The number of anilines is 1. The van der Waals surface area contributed by atoms with Gasteiger partial charge in [0.1, 0.15) is 5.82 Å². The summed E-state index contributed by atoms with van der Waals surface area (Å²) in [6.07, 6.45) is -0.618. The van der Waals surface area contributed by atoms with Gasteiger partial charge in [-0.1, -0.05) is 0 Å². The van der Waals surface area contributed by atoms with Gasteiger partial charge in [0.2, 0.25) is 0 Å². The van der Waals surface area contributed by atoms with Gasteiger partial charge in [0.15, 0.2) is 0 Å². The number of hydrogen-bond acceptors (Lipinski definition) is 3. The maximum absolute atomic E-state index is 13.1. The molecule has 0 radical (unpaired) electrons. The number of amides is 1. The van der Waals surface area contributed by atoms with Gasteiger partial charge in [-0.25, -0.2) is 4.39 Å². The number of nitrogen functional groups attached to an aromatic ring is 1. The lowest BCUT2D eigenvalue weighted by Crippen LogP contribution is -2.33. The lowest BCUT2D eigenvalue weighted by Gasteiger charge is -2.18. The van der Waals surface area contributed by atoms with Crippen LogP contribution in [0.1, 0.15) is 17.3 Å². The molecule has 5 heteroatoms. The summed E-state index contributed by atoms with van der Waals surface area (Å²) < 4.78 is 13.1. The summed E-state index contributed by atoms with van der Waals surface area (Å²) in [6.45, 7) is 1.78. The highest BCUT2D eigenvalue weighted by Gasteiger charge is 2.14. The number of carbonyl (C=O) groups is 1. The number of aliphatic hydroxyl groups excluding tert-OH is 1. The molecule has 1 aromatic carbocycles. The number of rotatable bonds is 3. The molecule has 0 aromatic heterocycles. The summed E-state index contributed by atoms with van der Waals surface area (Å²) in [5.41, 5.74) is 5.53. The molecule has 0 fully saturated rings. The third-order valence-corrected chi connectivity index (χ3v) is 2.13. The van der Waals surface area contributed by atoms with E-state index in [1.165, 1.54) is 17.0 Å². The number of nitrogens with two attached hydrogens (primary N) is 1.